The van der Waals surface area contributed by atoms with Crippen molar-refractivity contribution in [1.82, 2.24) is 10.4 Å². The summed E-state index contributed by atoms with van der Waals surface area (Å²) in [5.74, 6) is 6.97. The molecule has 0 spiro atoms. The summed E-state index contributed by atoms with van der Waals surface area (Å²) in [6.45, 7) is 0. The Kier molecular flexibility index (Phi) is 4.94. The van der Waals surface area contributed by atoms with Crippen molar-refractivity contribution in [1.29, 1.82) is 0 Å². The Balaban J connectivity index is 2.22. The SMILES string of the molecule is COc1ccc(C(Cc2ccnc(N)c2)NN)cc1Br. The third-order valence-electron chi connectivity index (χ3n) is 3.06. The molecule has 106 valence electrons. The van der Waals surface area contributed by atoms with E-state index >= 15 is 0 Å². The van der Waals surface area contributed by atoms with E-state index < -0.39 is 0 Å². The number of benzene rings is 1. The van der Waals surface area contributed by atoms with Crippen molar-refractivity contribution in [2.75, 3.05) is 12.8 Å². The van der Waals surface area contributed by atoms with E-state index in [0.29, 0.717) is 5.82 Å². The molecule has 5 nitrogen and oxygen atoms in total. The lowest BCUT2D eigenvalue weighted by Gasteiger charge is -2.17. The normalized spacial score (nSPS) is 12.2. The molecule has 1 heterocycles. The van der Waals surface area contributed by atoms with Crippen LogP contribution in [0, 0.1) is 0 Å². The van der Waals surface area contributed by atoms with Crippen molar-refractivity contribution in [2.24, 2.45) is 5.84 Å². The average Bonchev–Trinajstić information content (AvgIpc) is 2.44. The summed E-state index contributed by atoms with van der Waals surface area (Å²) < 4.78 is 6.12. The number of nitrogens with two attached hydrogens (primary N) is 2. The minimum absolute atomic E-state index is 0.0148. The van der Waals surface area contributed by atoms with Gasteiger partial charge in [-0.3, -0.25) is 11.3 Å². The number of hydrazine groups is 1. The molecular formula is C14H17BrN4O. The van der Waals surface area contributed by atoms with Crippen molar-refractivity contribution >= 4 is 21.7 Å². The summed E-state index contributed by atoms with van der Waals surface area (Å²) in [5, 5.41) is 0. The molecule has 1 unspecified atom stereocenters. The van der Waals surface area contributed by atoms with Crippen molar-refractivity contribution in [3.05, 3.63) is 52.1 Å². The molecule has 0 aliphatic heterocycles. The Morgan fingerprint density at radius 3 is 2.75 bits per heavy atom. The first kappa shape index (κ1) is 14.8. The van der Waals surface area contributed by atoms with E-state index in [2.05, 4.69) is 26.3 Å². The van der Waals surface area contributed by atoms with E-state index in [4.69, 9.17) is 16.3 Å². The van der Waals surface area contributed by atoms with Crippen LogP contribution in [0.5, 0.6) is 5.75 Å². The lowest BCUT2D eigenvalue weighted by atomic mass is 10.00. The van der Waals surface area contributed by atoms with Crippen LogP contribution < -0.4 is 21.7 Å². The fourth-order valence-corrected chi connectivity index (χ4v) is 2.59. The number of pyridine rings is 1. The molecule has 1 aromatic carbocycles. The molecule has 2 aromatic rings. The van der Waals surface area contributed by atoms with Crippen LogP contribution in [0.4, 0.5) is 5.82 Å². The summed E-state index contributed by atoms with van der Waals surface area (Å²) in [7, 11) is 1.64. The second-order valence-electron chi connectivity index (χ2n) is 4.41. The first-order valence-electron chi connectivity index (χ1n) is 6.14. The molecular weight excluding hydrogens is 320 g/mol. The van der Waals surface area contributed by atoms with E-state index in [9.17, 15) is 0 Å². The molecule has 0 bridgehead atoms. The number of halogens is 1. The third kappa shape index (κ3) is 3.47. The molecule has 20 heavy (non-hydrogen) atoms. The number of anilines is 1. The summed E-state index contributed by atoms with van der Waals surface area (Å²) in [6.07, 6.45) is 2.42. The number of rotatable bonds is 5. The number of hydrogen-bond donors (Lipinski definition) is 3. The van der Waals surface area contributed by atoms with Crippen LogP contribution in [-0.4, -0.2) is 12.1 Å². The van der Waals surface area contributed by atoms with Gasteiger partial charge in [0.25, 0.3) is 0 Å². The highest BCUT2D eigenvalue weighted by Gasteiger charge is 2.13. The van der Waals surface area contributed by atoms with Crippen LogP contribution in [-0.2, 0) is 6.42 Å². The highest BCUT2D eigenvalue weighted by atomic mass is 79.9. The van der Waals surface area contributed by atoms with E-state index in [1.165, 1.54) is 0 Å². The lowest BCUT2D eigenvalue weighted by molar-refractivity contribution is 0.411. The van der Waals surface area contributed by atoms with Gasteiger partial charge in [0, 0.05) is 6.20 Å². The molecule has 0 saturated heterocycles. The zero-order valence-electron chi connectivity index (χ0n) is 11.1. The minimum Gasteiger partial charge on any atom is -0.496 e. The third-order valence-corrected chi connectivity index (χ3v) is 3.68. The fraction of sp³-hybridized carbons (Fsp3) is 0.214. The largest absolute Gasteiger partial charge is 0.496 e. The number of nitrogen functional groups attached to an aromatic ring is 1. The fourth-order valence-electron chi connectivity index (χ4n) is 2.03. The van der Waals surface area contributed by atoms with Crippen LogP contribution in [0.3, 0.4) is 0 Å². The monoisotopic (exact) mass is 336 g/mol. The Hall–Kier alpha value is -1.63. The number of nitrogens with zero attached hydrogens (tertiary/aromatic N) is 1. The molecule has 0 fully saturated rings. The van der Waals surface area contributed by atoms with Gasteiger partial charge in [0.15, 0.2) is 0 Å². The van der Waals surface area contributed by atoms with Crippen LogP contribution in [0.2, 0.25) is 0 Å². The number of ether oxygens (including phenoxy) is 1. The second-order valence-corrected chi connectivity index (χ2v) is 5.26. The van der Waals surface area contributed by atoms with E-state index in [-0.39, 0.29) is 6.04 Å². The van der Waals surface area contributed by atoms with Gasteiger partial charge in [0.1, 0.15) is 11.6 Å². The summed E-state index contributed by atoms with van der Waals surface area (Å²) in [4.78, 5) is 3.98. The zero-order chi connectivity index (χ0) is 14.5. The first-order chi connectivity index (χ1) is 9.63. The van der Waals surface area contributed by atoms with Gasteiger partial charge in [-0.25, -0.2) is 4.98 Å². The quantitative estimate of drug-likeness (QED) is 0.575. The molecule has 1 aromatic heterocycles. The van der Waals surface area contributed by atoms with E-state index in [0.717, 1.165) is 27.8 Å². The van der Waals surface area contributed by atoms with Gasteiger partial charge >= 0.3 is 0 Å². The standard InChI is InChI=1S/C14H17BrN4O/c1-20-13-3-2-10(8-11(13)15)12(19-17)6-9-4-5-18-14(16)7-9/h2-5,7-8,12,19H,6,17H2,1H3,(H2,16,18). The number of methoxy groups -OCH3 is 1. The summed E-state index contributed by atoms with van der Waals surface area (Å²) in [5.41, 5.74) is 10.7. The van der Waals surface area contributed by atoms with E-state index in [1.807, 2.05) is 30.3 Å². The van der Waals surface area contributed by atoms with Gasteiger partial charge in [-0.2, -0.15) is 0 Å². The number of nitrogens with one attached hydrogen (secondary N) is 1. The highest BCUT2D eigenvalue weighted by Crippen LogP contribution is 2.29. The van der Waals surface area contributed by atoms with Gasteiger partial charge in [-0.1, -0.05) is 6.07 Å². The topological polar surface area (TPSA) is 86.2 Å². The molecule has 0 aliphatic rings. The Morgan fingerprint density at radius 2 is 2.15 bits per heavy atom. The lowest BCUT2D eigenvalue weighted by Crippen LogP contribution is -2.29. The van der Waals surface area contributed by atoms with Crippen molar-refractivity contribution in [3.8, 4) is 5.75 Å². The highest BCUT2D eigenvalue weighted by molar-refractivity contribution is 9.10. The molecule has 6 heteroatoms. The van der Waals surface area contributed by atoms with E-state index in [1.54, 1.807) is 13.3 Å². The minimum atomic E-state index is -0.0148. The second kappa shape index (κ2) is 6.69. The maximum Gasteiger partial charge on any atom is 0.133 e. The van der Waals surface area contributed by atoms with Gasteiger partial charge in [0.05, 0.1) is 17.6 Å². The number of hydrogen-bond acceptors (Lipinski definition) is 5. The van der Waals surface area contributed by atoms with Crippen molar-refractivity contribution in [2.45, 2.75) is 12.5 Å². The molecule has 5 N–H and O–H groups in total. The predicted molar refractivity (Wildman–Crippen MR) is 83.1 cm³/mol. The van der Waals surface area contributed by atoms with Crippen molar-refractivity contribution in [3.63, 3.8) is 0 Å². The molecule has 0 saturated carbocycles. The average molecular weight is 337 g/mol. The maximum absolute atomic E-state index is 5.69. The molecule has 0 aliphatic carbocycles. The smallest absolute Gasteiger partial charge is 0.133 e. The summed E-state index contributed by atoms with van der Waals surface area (Å²) in [6, 6.07) is 9.65. The zero-order valence-corrected chi connectivity index (χ0v) is 12.7. The summed E-state index contributed by atoms with van der Waals surface area (Å²) >= 11 is 3.48. The van der Waals surface area contributed by atoms with Crippen LogP contribution in [0.1, 0.15) is 17.2 Å². The molecule has 0 amide bonds. The van der Waals surface area contributed by atoms with Gasteiger partial charge in [-0.15, -0.1) is 0 Å². The Labute approximate surface area is 126 Å². The molecule has 2 rings (SSSR count). The van der Waals surface area contributed by atoms with Crippen LogP contribution in [0.25, 0.3) is 0 Å². The van der Waals surface area contributed by atoms with Crippen LogP contribution in [0.15, 0.2) is 41.0 Å². The van der Waals surface area contributed by atoms with Gasteiger partial charge in [-0.05, 0) is 57.7 Å². The molecule has 0 radical (unpaired) electrons. The van der Waals surface area contributed by atoms with Gasteiger partial charge in [0.2, 0.25) is 0 Å². The van der Waals surface area contributed by atoms with Crippen LogP contribution >= 0.6 is 15.9 Å². The Bertz CT molecular complexity index is 591. The number of aromatic nitrogens is 1. The first-order valence-corrected chi connectivity index (χ1v) is 6.93. The van der Waals surface area contributed by atoms with Gasteiger partial charge < -0.3 is 10.5 Å². The van der Waals surface area contributed by atoms with Crippen molar-refractivity contribution < 1.29 is 4.74 Å². The Morgan fingerprint density at radius 1 is 1.35 bits per heavy atom. The maximum atomic E-state index is 5.69. The molecule has 1 atom stereocenters. The predicted octanol–water partition coefficient (Wildman–Crippen LogP) is 2.18.